The van der Waals surface area contributed by atoms with Crippen molar-refractivity contribution >= 4 is 52.5 Å². The summed E-state index contributed by atoms with van der Waals surface area (Å²) in [7, 11) is 0. The van der Waals surface area contributed by atoms with Crippen molar-refractivity contribution in [1.29, 1.82) is 0 Å². The van der Waals surface area contributed by atoms with Crippen LogP contribution in [0.1, 0.15) is 16.8 Å². The van der Waals surface area contributed by atoms with E-state index in [1.807, 2.05) is 31.2 Å². The van der Waals surface area contributed by atoms with Gasteiger partial charge in [-0.3, -0.25) is 0 Å². The predicted molar refractivity (Wildman–Crippen MR) is 95.1 cm³/mol. The molecule has 0 amide bonds. The number of aryl methyl sites for hydroxylation is 1. The standard InChI is InChI=1S/C16H10BCl3F2N2/c1-9-2-4-10(5-3-9)15-12-6-7-14(19)23(12)17(21,22)24-13(15)8-11(18)16(24)20/h2-8H,1H3. The molecule has 2 nitrogen and oxygen atoms in total. The summed E-state index contributed by atoms with van der Waals surface area (Å²) in [4.78, 5) is 0. The maximum Gasteiger partial charge on any atom is 0.739 e. The van der Waals surface area contributed by atoms with Crippen molar-refractivity contribution in [3.05, 3.63) is 75.2 Å². The first-order valence-electron chi connectivity index (χ1n) is 7.22. The molecule has 0 aliphatic carbocycles. The van der Waals surface area contributed by atoms with Gasteiger partial charge < -0.3 is 17.6 Å². The minimum Gasteiger partial charge on any atom is -0.389 e. The molecule has 8 heteroatoms. The Bertz CT molecular complexity index is 972. The Kier molecular flexibility index (Phi) is 3.47. The molecule has 4 rings (SSSR count). The molecule has 0 saturated heterocycles. The zero-order valence-electron chi connectivity index (χ0n) is 12.4. The van der Waals surface area contributed by atoms with Crippen LogP contribution in [0.15, 0.2) is 53.2 Å². The predicted octanol–water partition coefficient (Wildman–Crippen LogP) is 5.23. The van der Waals surface area contributed by atoms with Gasteiger partial charge in [-0.15, -0.1) is 0 Å². The molecular formula is C16H10BCl3F2N2. The maximum absolute atomic E-state index is 15.1. The second-order valence-corrected chi connectivity index (χ2v) is 6.93. The number of fused-ring (bicyclic) bond motifs is 2. The number of hydrogen-bond acceptors (Lipinski definition) is 0. The lowest BCUT2D eigenvalue weighted by Crippen LogP contribution is -2.50. The van der Waals surface area contributed by atoms with Crippen molar-refractivity contribution in [2.45, 2.75) is 6.92 Å². The van der Waals surface area contributed by atoms with E-state index in [0.717, 1.165) is 20.1 Å². The highest BCUT2D eigenvalue weighted by atomic mass is 35.5. The van der Waals surface area contributed by atoms with E-state index in [-0.39, 0.29) is 21.1 Å². The van der Waals surface area contributed by atoms with Gasteiger partial charge in [0.1, 0.15) is 5.03 Å². The Balaban J connectivity index is 2.12. The van der Waals surface area contributed by atoms with Crippen molar-refractivity contribution in [2.24, 2.45) is 0 Å². The van der Waals surface area contributed by atoms with Gasteiger partial charge in [-0.1, -0.05) is 53.0 Å². The highest BCUT2D eigenvalue weighted by Crippen LogP contribution is 2.43. The Morgan fingerprint density at radius 2 is 1.67 bits per heavy atom. The first-order valence-corrected chi connectivity index (χ1v) is 8.36. The molecule has 1 aromatic heterocycles. The second-order valence-electron chi connectivity index (χ2n) is 5.78. The third-order valence-corrected chi connectivity index (χ3v) is 5.35. The molecule has 2 aromatic rings. The van der Waals surface area contributed by atoms with Gasteiger partial charge in [0.2, 0.25) is 5.17 Å². The average molecular weight is 385 g/mol. The van der Waals surface area contributed by atoms with E-state index in [9.17, 15) is 0 Å². The van der Waals surface area contributed by atoms with E-state index in [0.29, 0.717) is 11.3 Å². The largest absolute Gasteiger partial charge is 0.739 e. The summed E-state index contributed by atoms with van der Waals surface area (Å²) < 4.78 is 31.7. The fraction of sp³-hybridized carbons (Fsp3) is 0.0625. The zero-order valence-corrected chi connectivity index (χ0v) is 14.7. The normalized spacial score (nSPS) is 18.7. The Labute approximate surface area is 152 Å². The molecule has 0 N–H and O–H groups in total. The van der Waals surface area contributed by atoms with Gasteiger partial charge in [-0.2, -0.15) is 0 Å². The van der Waals surface area contributed by atoms with Gasteiger partial charge in [0.15, 0.2) is 5.70 Å². The van der Waals surface area contributed by atoms with E-state index in [1.54, 1.807) is 6.07 Å². The zero-order chi connectivity index (χ0) is 17.2. The quantitative estimate of drug-likeness (QED) is 0.594. The number of rotatable bonds is 1. The topological polar surface area (TPSA) is 7.94 Å². The summed E-state index contributed by atoms with van der Waals surface area (Å²) in [5, 5.41) is -0.164. The first kappa shape index (κ1) is 15.9. The molecule has 0 unspecified atom stereocenters. The second kappa shape index (κ2) is 5.22. The van der Waals surface area contributed by atoms with Gasteiger partial charge in [0.25, 0.3) is 0 Å². The summed E-state index contributed by atoms with van der Waals surface area (Å²) in [6, 6.07) is 10.7. The van der Waals surface area contributed by atoms with Crippen LogP contribution in [0.5, 0.6) is 0 Å². The third-order valence-electron chi connectivity index (χ3n) is 4.27. The van der Waals surface area contributed by atoms with Crippen LogP contribution in [0, 0.1) is 6.92 Å². The van der Waals surface area contributed by atoms with Crippen LogP contribution in [0.25, 0.3) is 5.57 Å². The molecule has 0 radical (unpaired) electrons. The van der Waals surface area contributed by atoms with E-state index in [2.05, 4.69) is 0 Å². The SMILES string of the molecule is Cc1ccc(C2=C3C=C(Cl)C(Cl)=[N+]3[B-](F)(F)n3c(Cl)ccc32)cc1. The lowest BCUT2D eigenvalue weighted by molar-refractivity contribution is -0.358. The number of benzene rings is 1. The Hall–Kier alpha value is -1.56. The van der Waals surface area contributed by atoms with Gasteiger partial charge in [-0.25, -0.2) is 0 Å². The number of halogens is 5. The number of allylic oxidation sites excluding steroid dienone is 2. The number of hydrogen-bond donors (Lipinski definition) is 0. The van der Waals surface area contributed by atoms with Crippen molar-refractivity contribution in [2.75, 3.05) is 0 Å². The summed E-state index contributed by atoms with van der Waals surface area (Å²) in [6.07, 6.45) is 1.47. The fourth-order valence-electron chi connectivity index (χ4n) is 3.17. The van der Waals surface area contributed by atoms with Crippen molar-refractivity contribution < 1.29 is 13.1 Å². The summed E-state index contributed by atoms with van der Waals surface area (Å²) in [5.41, 5.74) is 3.09. The molecular weight excluding hydrogens is 375 g/mol. The lowest BCUT2D eigenvalue weighted by Gasteiger charge is -2.31. The molecule has 2 aliphatic rings. The molecule has 122 valence electrons. The highest BCUT2D eigenvalue weighted by Gasteiger charge is 2.55. The van der Waals surface area contributed by atoms with Gasteiger partial charge in [0.05, 0.1) is 10.7 Å². The number of nitrogens with zero attached hydrogens (tertiary/aromatic N) is 2. The van der Waals surface area contributed by atoms with Gasteiger partial charge in [-0.05, 0) is 36.2 Å². The monoisotopic (exact) mass is 384 g/mol. The molecule has 2 aliphatic heterocycles. The average Bonchev–Trinajstić information content (AvgIpc) is 3.04. The molecule has 3 heterocycles. The van der Waals surface area contributed by atoms with E-state index in [4.69, 9.17) is 34.8 Å². The van der Waals surface area contributed by atoms with Crippen LogP contribution in [0.3, 0.4) is 0 Å². The van der Waals surface area contributed by atoms with E-state index in [1.165, 1.54) is 12.1 Å². The maximum atomic E-state index is 15.1. The van der Waals surface area contributed by atoms with Crippen LogP contribution >= 0.6 is 34.8 Å². The highest BCUT2D eigenvalue weighted by molar-refractivity contribution is 6.77. The molecule has 1 aromatic carbocycles. The molecule has 0 atom stereocenters. The van der Waals surface area contributed by atoms with Gasteiger partial charge in [0, 0.05) is 11.8 Å². The molecule has 24 heavy (non-hydrogen) atoms. The molecule has 0 bridgehead atoms. The minimum atomic E-state index is -4.23. The van der Waals surface area contributed by atoms with Crippen molar-refractivity contribution in [3.63, 3.8) is 0 Å². The summed E-state index contributed by atoms with van der Waals surface area (Å²) in [6.45, 7) is -2.27. The van der Waals surface area contributed by atoms with Crippen molar-refractivity contribution in [3.8, 4) is 0 Å². The van der Waals surface area contributed by atoms with Crippen LogP contribution in [0.4, 0.5) is 8.63 Å². The number of aromatic nitrogens is 1. The van der Waals surface area contributed by atoms with Crippen molar-refractivity contribution in [1.82, 2.24) is 4.48 Å². The van der Waals surface area contributed by atoms with Gasteiger partial charge >= 0.3 is 6.97 Å². The first-order chi connectivity index (χ1) is 11.3. The lowest BCUT2D eigenvalue weighted by atomic mass is 9.86. The van der Waals surface area contributed by atoms with E-state index < -0.39 is 6.97 Å². The fourth-order valence-corrected chi connectivity index (χ4v) is 3.90. The summed E-state index contributed by atoms with van der Waals surface area (Å²) in [5.74, 6) is 0. The Morgan fingerprint density at radius 1 is 1.00 bits per heavy atom. The van der Waals surface area contributed by atoms with Crippen LogP contribution in [-0.4, -0.2) is 21.1 Å². The molecule has 0 spiro atoms. The van der Waals surface area contributed by atoms with Crippen LogP contribution in [-0.2, 0) is 0 Å². The van der Waals surface area contributed by atoms with Crippen LogP contribution < -0.4 is 0 Å². The molecule has 0 fully saturated rings. The van der Waals surface area contributed by atoms with E-state index >= 15 is 8.63 Å². The van der Waals surface area contributed by atoms with Crippen LogP contribution in [0.2, 0.25) is 5.15 Å². The smallest absolute Gasteiger partial charge is 0.389 e. The minimum absolute atomic E-state index is 0.0499. The third kappa shape index (κ3) is 2.05. The summed E-state index contributed by atoms with van der Waals surface area (Å²) >= 11 is 18.2. The molecule has 0 saturated carbocycles. The Morgan fingerprint density at radius 3 is 2.33 bits per heavy atom.